The first-order valence-electron chi connectivity index (χ1n) is 5.75. The predicted octanol–water partition coefficient (Wildman–Crippen LogP) is 2.19. The van der Waals surface area contributed by atoms with Crippen molar-refractivity contribution in [1.82, 2.24) is 20.2 Å². The molecule has 1 heterocycles. The molecule has 2 aromatic carbocycles. The van der Waals surface area contributed by atoms with Crippen LogP contribution in [0.2, 0.25) is 0 Å². The lowest BCUT2D eigenvalue weighted by Gasteiger charge is -2.06. The van der Waals surface area contributed by atoms with Crippen molar-refractivity contribution >= 4 is 5.69 Å². The Balaban J connectivity index is 2.18. The van der Waals surface area contributed by atoms with Gasteiger partial charge in [0, 0.05) is 5.69 Å². The highest BCUT2D eigenvalue weighted by atomic mass is 19.1. The molecule has 20 heavy (non-hydrogen) atoms. The number of halogens is 2. The van der Waals surface area contributed by atoms with Crippen LogP contribution in [0.3, 0.4) is 0 Å². The molecule has 100 valence electrons. The average molecular weight is 273 g/mol. The first kappa shape index (κ1) is 12.2. The fourth-order valence-corrected chi connectivity index (χ4v) is 1.85. The molecular formula is C13H9F2N5. The molecule has 0 saturated carbocycles. The summed E-state index contributed by atoms with van der Waals surface area (Å²) in [6, 6.07) is 9.79. The minimum Gasteiger partial charge on any atom is -0.399 e. The lowest BCUT2D eigenvalue weighted by atomic mass is 10.1. The molecule has 0 unspecified atom stereocenters. The fraction of sp³-hybridized carbons (Fsp3) is 0. The maximum absolute atomic E-state index is 13.9. The minimum absolute atomic E-state index is 0.152. The Kier molecular flexibility index (Phi) is 2.86. The van der Waals surface area contributed by atoms with Gasteiger partial charge >= 0.3 is 0 Å². The standard InChI is InChI=1S/C13H9F2N5/c14-8-2-1-3-10(6-8)20-13(17-18-19-20)11-7-9(16)4-5-12(11)15/h1-7H,16H2. The van der Waals surface area contributed by atoms with Gasteiger partial charge in [-0.15, -0.1) is 5.10 Å². The molecule has 0 bridgehead atoms. The van der Waals surface area contributed by atoms with Crippen LogP contribution in [0.5, 0.6) is 0 Å². The first-order valence-corrected chi connectivity index (χ1v) is 5.75. The third-order valence-electron chi connectivity index (χ3n) is 2.75. The lowest BCUT2D eigenvalue weighted by molar-refractivity contribution is 0.624. The van der Waals surface area contributed by atoms with Crippen LogP contribution in [0.25, 0.3) is 17.1 Å². The van der Waals surface area contributed by atoms with Gasteiger partial charge in [-0.2, -0.15) is 4.68 Å². The van der Waals surface area contributed by atoms with Gasteiger partial charge in [0.05, 0.1) is 11.3 Å². The molecule has 3 aromatic rings. The molecule has 0 radical (unpaired) electrons. The smallest absolute Gasteiger partial charge is 0.190 e. The first-order chi connectivity index (χ1) is 9.65. The second-order valence-electron chi connectivity index (χ2n) is 4.13. The molecule has 0 aliphatic carbocycles. The number of rotatable bonds is 2. The molecule has 0 atom stereocenters. The number of nitrogens with zero attached hydrogens (tertiary/aromatic N) is 4. The predicted molar refractivity (Wildman–Crippen MR) is 68.9 cm³/mol. The summed E-state index contributed by atoms with van der Waals surface area (Å²) >= 11 is 0. The van der Waals surface area contributed by atoms with E-state index in [0.717, 1.165) is 0 Å². The van der Waals surface area contributed by atoms with E-state index in [1.54, 1.807) is 6.07 Å². The van der Waals surface area contributed by atoms with Gasteiger partial charge in [-0.05, 0) is 46.8 Å². The molecule has 0 aliphatic heterocycles. The molecule has 0 saturated heterocycles. The molecule has 2 N–H and O–H groups in total. The zero-order chi connectivity index (χ0) is 14.1. The van der Waals surface area contributed by atoms with Crippen LogP contribution in [0.15, 0.2) is 42.5 Å². The Morgan fingerprint density at radius 1 is 1.05 bits per heavy atom. The number of nitrogens with two attached hydrogens (primary N) is 1. The zero-order valence-electron chi connectivity index (χ0n) is 10.2. The summed E-state index contributed by atoms with van der Waals surface area (Å²) in [6.45, 7) is 0. The minimum atomic E-state index is -0.508. The summed E-state index contributed by atoms with van der Waals surface area (Å²) in [5.74, 6) is -0.788. The summed E-state index contributed by atoms with van der Waals surface area (Å²) in [6.07, 6.45) is 0. The van der Waals surface area contributed by atoms with Crippen molar-refractivity contribution in [3.8, 4) is 17.1 Å². The van der Waals surface area contributed by atoms with Gasteiger partial charge in [0.25, 0.3) is 0 Å². The third-order valence-corrected chi connectivity index (χ3v) is 2.75. The molecule has 0 fully saturated rings. The summed E-state index contributed by atoms with van der Waals surface area (Å²) in [5, 5.41) is 11.0. The molecular weight excluding hydrogens is 264 g/mol. The Labute approximate surface area is 112 Å². The van der Waals surface area contributed by atoms with Gasteiger partial charge in [0.15, 0.2) is 5.82 Å². The number of nitrogen functional groups attached to an aromatic ring is 1. The van der Waals surface area contributed by atoms with E-state index in [1.807, 2.05) is 0 Å². The Bertz CT molecular complexity index is 769. The second-order valence-corrected chi connectivity index (χ2v) is 4.13. The molecule has 5 nitrogen and oxygen atoms in total. The molecule has 0 spiro atoms. The molecule has 7 heteroatoms. The molecule has 1 aromatic heterocycles. The van der Waals surface area contributed by atoms with E-state index < -0.39 is 11.6 Å². The topological polar surface area (TPSA) is 69.6 Å². The van der Waals surface area contributed by atoms with Crippen LogP contribution in [-0.2, 0) is 0 Å². The molecule has 3 rings (SSSR count). The Morgan fingerprint density at radius 2 is 1.90 bits per heavy atom. The van der Waals surface area contributed by atoms with Crippen molar-refractivity contribution in [1.29, 1.82) is 0 Å². The molecule has 0 aliphatic rings. The van der Waals surface area contributed by atoms with E-state index in [0.29, 0.717) is 11.4 Å². The summed E-state index contributed by atoms with van der Waals surface area (Å²) < 4.78 is 28.4. The van der Waals surface area contributed by atoms with E-state index in [9.17, 15) is 8.78 Å². The number of anilines is 1. The Hall–Kier alpha value is -2.83. The van der Waals surface area contributed by atoms with E-state index >= 15 is 0 Å². The van der Waals surface area contributed by atoms with Gasteiger partial charge in [0.1, 0.15) is 11.6 Å². The highest BCUT2D eigenvalue weighted by Gasteiger charge is 2.15. The van der Waals surface area contributed by atoms with Crippen molar-refractivity contribution in [2.75, 3.05) is 5.73 Å². The molecule has 0 amide bonds. The Morgan fingerprint density at radius 3 is 2.70 bits per heavy atom. The monoisotopic (exact) mass is 273 g/mol. The normalized spacial score (nSPS) is 10.7. The van der Waals surface area contributed by atoms with Gasteiger partial charge in [0.2, 0.25) is 0 Å². The second kappa shape index (κ2) is 4.69. The van der Waals surface area contributed by atoms with Crippen molar-refractivity contribution in [3.63, 3.8) is 0 Å². The van der Waals surface area contributed by atoms with Crippen LogP contribution in [0.1, 0.15) is 0 Å². The van der Waals surface area contributed by atoms with Crippen LogP contribution in [0.4, 0.5) is 14.5 Å². The maximum atomic E-state index is 13.9. The quantitative estimate of drug-likeness (QED) is 0.727. The summed E-state index contributed by atoms with van der Waals surface area (Å²) in [7, 11) is 0. The van der Waals surface area contributed by atoms with E-state index in [1.165, 1.54) is 41.1 Å². The average Bonchev–Trinajstić information content (AvgIpc) is 2.90. The zero-order valence-corrected chi connectivity index (χ0v) is 10.2. The van der Waals surface area contributed by atoms with Crippen LogP contribution >= 0.6 is 0 Å². The van der Waals surface area contributed by atoms with E-state index in [2.05, 4.69) is 15.5 Å². The SMILES string of the molecule is Nc1ccc(F)c(-c2nnnn2-c2cccc(F)c2)c1. The van der Waals surface area contributed by atoms with E-state index in [-0.39, 0.29) is 11.4 Å². The van der Waals surface area contributed by atoms with Crippen molar-refractivity contribution in [3.05, 3.63) is 54.1 Å². The van der Waals surface area contributed by atoms with Crippen LogP contribution in [0, 0.1) is 11.6 Å². The highest BCUT2D eigenvalue weighted by Crippen LogP contribution is 2.24. The largest absolute Gasteiger partial charge is 0.399 e. The van der Waals surface area contributed by atoms with Crippen molar-refractivity contribution in [2.24, 2.45) is 0 Å². The van der Waals surface area contributed by atoms with Gasteiger partial charge in [-0.25, -0.2) is 8.78 Å². The third kappa shape index (κ3) is 2.09. The fourth-order valence-electron chi connectivity index (χ4n) is 1.85. The lowest BCUT2D eigenvalue weighted by Crippen LogP contribution is -2.02. The van der Waals surface area contributed by atoms with Crippen molar-refractivity contribution < 1.29 is 8.78 Å². The number of hydrogen-bond donors (Lipinski definition) is 1. The van der Waals surface area contributed by atoms with Gasteiger partial charge < -0.3 is 5.73 Å². The number of aromatic nitrogens is 4. The van der Waals surface area contributed by atoms with Crippen LogP contribution < -0.4 is 5.73 Å². The van der Waals surface area contributed by atoms with Crippen molar-refractivity contribution in [2.45, 2.75) is 0 Å². The maximum Gasteiger partial charge on any atom is 0.190 e. The number of hydrogen-bond acceptors (Lipinski definition) is 4. The summed E-state index contributed by atoms with van der Waals surface area (Å²) in [5.41, 5.74) is 6.57. The number of tetrazole rings is 1. The highest BCUT2D eigenvalue weighted by molar-refractivity contribution is 5.63. The van der Waals surface area contributed by atoms with Gasteiger partial charge in [-0.1, -0.05) is 6.07 Å². The van der Waals surface area contributed by atoms with Crippen LogP contribution in [-0.4, -0.2) is 20.2 Å². The van der Waals surface area contributed by atoms with Gasteiger partial charge in [-0.3, -0.25) is 0 Å². The summed E-state index contributed by atoms with van der Waals surface area (Å²) in [4.78, 5) is 0. The number of benzene rings is 2. The van der Waals surface area contributed by atoms with E-state index in [4.69, 9.17) is 5.73 Å².